The van der Waals surface area contributed by atoms with Gasteiger partial charge in [0, 0.05) is 6.42 Å². The number of esters is 1. The first-order valence-electron chi connectivity index (χ1n) is 6.05. The van der Waals surface area contributed by atoms with E-state index < -0.39 is 5.97 Å². The number of hydrogen-bond acceptors (Lipinski definition) is 5. The van der Waals surface area contributed by atoms with Crippen molar-refractivity contribution in [1.29, 1.82) is 0 Å². The van der Waals surface area contributed by atoms with Crippen LogP contribution in [0.4, 0.5) is 0 Å². The van der Waals surface area contributed by atoms with E-state index in [-0.39, 0.29) is 22.6 Å². The van der Waals surface area contributed by atoms with Gasteiger partial charge in [0.2, 0.25) is 0 Å². The fourth-order valence-electron chi connectivity index (χ4n) is 1.76. The molecule has 7 heteroatoms. The zero-order valence-electron chi connectivity index (χ0n) is 10.9. The molecule has 1 heterocycles. The maximum Gasteiger partial charge on any atom is 0.339 e. The number of rotatable bonds is 5. The van der Waals surface area contributed by atoms with E-state index in [2.05, 4.69) is 4.74 Å². The van der Waals surface area contributed by atoms with Crippen LogP contribution in [0.1, 0.15) is 16.8 Å². The van der Waals surface area contributed by atoms with Gasteiger partial charge in [0.15, 0.2) is 12.0 Å². The fraction of sp³-hybridized carbons (Fsp3) is 0.462. The molecular formula is C13H14Cl2O5. The van der Waals surface area contributed by atoms with E-state index in [0.29, 0.717) is 31.3 Å². The molecule has 0 saturated carbocycles. The van der Waals surface area contributed by atoms with E-state index in [1.165, 1.54) is 19.2 Å². The van der Waals surface area contributed by atoms with Crippen LogP contribution in [0.3, 0.4) is 0 Å². The summed E-state index contributed by atoms with van der Waals surface area (Å²) < 4.78 is 20.7. The Morgan fingerprint density at radius 1 is 1.35 bits per heavy atom. The molecule has 1 aromatic carbocycles. The van der Waals surface area contributed by atoms with Crippen molar-refractivity contribution in [3.05, 3.63) is 27.7 Å². The topological polar surface area (TPSA) is 54.0 Å². The first-order chi connectivity index (χ1) is 9.63. The molecule has 0 aromatic heterocycles. The smallest absolute Gasteiger partial charge is 0.339 e. The Hall–Kier alpha value is -1.01. The molecule has 0 unspecified atom stereocenters. The Balaban J connectivity index is 2.03. The van der Waals surface area contributed by atoms with Gasteiger partial charge in [0.1, 0.15) is 0 Å². The highest BCUT2D eigenvalue weighted by Crippen LogP contribution is 2.36. The van der Waals surface area contributed by atoms with Crippen LogP contribution in [0.5, 0.6) is 5.75 Å². The van der Waals surface area contributed by atoms with Crippen LogP contribution < -0.4 is 4.74 Å². The van der Waals surface area contributed by atoms with Gasteiger partial charge in [0.25, 0.3) is 0 Å². The third kappa shape index (κ3) is 3.55. The number of methoxy groups -OCH3 is 1. The summed E-state index contributed by atoms with van der Waals surface area (Å²) in [5.74, 6) is -0.284. The van der Waals surface area contributed by atoms with Gasteiger partial charge in [-0.25, -0.2) is 4.79 Å². The molecule has 0 amide bonds. The summed E-state index contributed by atoms with van der Waals surface area (Å²) in [6, 6.07) is 3.03. The standard InChI is InChI=1S/C13H14Cl2O5/c1-17-13(16)8-2-3-9(14)12(11(8)15)20-5-4-10-18-6-7-19-10/h2-3,10H,4-7H2,1H3. The maximum atomic E-state index is 11.5. The quantitative estimate of drug-likeness (QED) is 0.781. The van der Waals surface area contributed by atoms with E-state index in [1.807, 2.05) is 0 Å². The lowest BCUT2D eigenvalue weighted by Crippen LogP contribution is -2.13. The SMILES string of the molecule is COC(=O)c1ccc(Cl)c(OCCC2OCCO2)c1Cl. The van der Waals surface area contributed by atoms with Gasteiger partial charge < -0.3 is 18.9 Å². The lowest BCUT2D eigenvalue weighted by atomic mass is 10.2. The largest absolute Gasteiger partial charge is 0.490 e. The minimum absolute atomic E-state index is 0.137. The summed E-state index contributed by atoms with van der Waals surface area (Å²) in [4.78, 5) is 11.5. The molecule has 1 aliphatic rings. The van der Waals surface area contributed by atoms with E-state index in [0.717, 1.165) is 0 Å². The van der Waals surface area contributed by atoms with Crippen molar-refractivity contribution in [3.8, 4) is 5.75 Å². The molecule has 20 heavy (non-hydrogen) atoms. The van der Waals surface area contributed by atoms with E-state index in [4.69, 9.17) is 37.4 Å². The number of halogens is 2. The first kappa shape index (κ1) is 15.4. The Bertz CT molecular complexity index is 486. The molecule has 0 spiro atoms. The van der Waals surface area contributed by atoms with Crippen molar-refractivity contribution in [2.45, 2.75) is 12.7 Å². The van der Waals surface area contributed by atoms with Gasteiger partial charge in [-0.1, -0.05) is 23.2 Å². The molecule has 2 rings (SSSR count). The Morgan fingerprint density at radius 2 is 2.05 bits per heavy atom. The average molecular weight is 321 g/mol. The molecule has 1 fully saturated rings. The molecule has 5 nitrogen and oxygen atoms in total. The molecule has 0 aliphatic carbocycles. The van der Waals surface area contributed by atoms with E-state index in [1.54, 1.807) is 0 Å². The molecule has 0 N–H and O–H groups in total. The lowest BCUT2D eigenvalue weighted by molar-refractivity contribution is -0.0531. The van der Waals surface area contributed by atoms with Crippen LogP contribution in [0.25, 0.3) is 0 Å². The van der Waals surface area contributed by atoms with E-state index in [9.17, 15) is 4.79 Å². The highest BCUT2D eigenvalue weighted by Gasteiger charge is 2.19. The van der Waals surface area contributed by atoms with Crippen LogP contribution in [0, 0.1) is 0 Å². The van der Waals surface area contributed by atoms with Crippen LogP contribution in [-0.4, -0.2) is 39.2 Å². The first-order valence-corrected chi connectivity index (χ1v) is 6.81. The summed E-state index contributed by atoms with van der Waals surface area (Å²) in [6.07, 6.45) is 0.283. The van der Waals surface area contributed by atoms with Gasteiger partial charge >= 0.3 is 5.97 Å². The Kier molecular flexibility index (Phi) is 5.48. The molecule has 0 atom stereocenters. The third-order valence-corrected chi connectivity index (χ3v) is 3.42. The fourth-order valence-corrected chi connectivity index (χ4v) is 2.32. The predicted octanol–water partition coefficient (Wildman–Crippen LogP) is 2.92. The highest BCUT2D eigenvalue weighted by atomic mass is 35.5. The second-order valence-electron chi connectivity index (χ2n) is 4.04. The number of hydrogen-bond donors (Lipinski definition) is 0. The van der Waals surface area contributed by atoms with Gasteiger partial charge in [-0.3, -0.25) is 0 Å². The molecule has 0 bridgehead atoms. The van der Waals surface area contributed by atoms with Crippen molar-refractivity contribution in [2.24, 2.45) is 0 Å². The Morgan fingerprint density at radius 3 is 2.70 bits per heavy atom. The molecule has 1 aliphatic heterocycles. The van der Waals surface area contributed by atoms with Crippen molar-refractivity contribution in [2.75, 3.05) is 26.9 Å². The van der Waals surface area contributed by atoms with Gasteiger partial charge in [-0.2, -0.15) is 0 Å². The van der Waals surface area contributed by atoms with Crippen LogP contribution in [0.2, 0.25) is 10.0 Å². The molecule has 110 valence electrons. The second-order valence-corrected chi connectivity index (χ2v) is 4.82. The van der Waals surface area contributed by atoms with Gasteiger partial charge in [0.05, 0.1) is 42.5 Å². The Labute approximate surface area is 126 Å². The van der Waals surface area contributed by atoms with Gasteiger partial charge in [-0.05, 0) is 12.1 Å². The zero-order chi connectivity index (χ0) is 14.5. The van der Waals surface area contributed by atoms with Gasteiger partial charge in [-0.15, -0.1) is 0 Å². The van der Waals surface area contributed by atoms with Crippen LogP contribution in [0.15, 0.2) is 12.1 Å². The van der Waals surface area contributed by atoms with Crippen molar-refractivity contribution < 1.29 is 23.7 Å². The minimum Gasteiger partial charge on any atom is -0.490 e. The zero-order valence-corrected chi connectivity index (χ0v) is 12.4. The lowest BCUT2D eigenvalue weighted by Gasteiger charge is -2.14. The number of benzene rings is 1. The maximum absolute atomic E-state index is 11.5. The summed E-state index contributed by atoms with van der Waals surface area (Å²) in [6.45, 7) is 1.49. The summed E-state index contributed by atoms with van der Waals surface area (Å²) >= 11 is 12.1. The summed E-state index contributed by atoms with van der Waals surface area (Å²) in [7, 11) is 1.28. The second kappa shape index (κ2) is 7.13. The number of ether oxygens (including phenoxy) is 4. The van der Waals surface area contributed by atoms with Crippen molar-refractivity contribution >= 4 is 29.2 Å². The molecule has 0 radical (unpaired) electrons. The van der Waals surface area contributed by atoms with Crippen LogP contribution >= 0.6 is 23.2 Å². The third-order valence-electron chi connectivity index (χ3n) is 2.75. The minimum atomic E-state index is -0.543. The monoisotopic (exact) mass is 320 g/mol. The molecule has 1 aromatic rings. The molecule has 1 saturated heterocycles. The van der Waals surface area contributed by atoms with Crippen LogP contribution in [-0.2, 0) is 14.2 Å². The number of carbonyl (C=O) groups is 1. The summed E-state index contributed by atoms with van der Waals surface area (Å²) in [5.41, 5.74) is 0.210. The van der Waals surface area contributed by atoms with E-state index >= 15 is 0 Å². The normalized spacial score (nSPS) is 15.3. The number of carbonyl (C=O) groups excluding carboxylic acids is 1. The van der Waals surface area contributed by atoms with Crippen molar-refractivity contribution in [1.82, 2.24) is 0 Å². The predicted molar refractivity (Wildman–Crippen MR) is 73.6 cm³/mol. The average Bonchev–Trinajstić information content (AvgIpc) is 2.95. The summed E-state index contributed by atoms with van der Waals surface area (Å²) in [5, 5.41) is 0.466. The van der Waals surface area contributed by atoms with Crippen molar-refractivity contribution in [3.63, 3.8) is 0 Å². The highest BCUT2D eigenvalue weighted by molar-refractivity contribution is 6.39. The molecular weight excluding hydrogens is 307 g/mol.